The summed E-state index contributed by atoms with van der Waals surface area (Å²) in [5.74, 6) is 0. The van der Waals surface area contributed by atoms with Gasteiger partial charge in [-0.3, -0.25) is 4.90 Å². The second-order valence-electron chi connectivity index (χ2n) is 5.28. The summed E-state index contributed by atoms with van der Waals surface area (Å²) in [4.78, 5) is 2.44. The van der Waals surface area contributed by atoms with Crippen LogP contribution in [0.3, 0.4) is 0 Å². The Balaban J connectivity index is 2.56. The average molecular weight is 239 g/mol. The van der Waals surface area contributed by atoms with E-state index in [1.54, 1.807) is 0 Å². The van der Waals surface area contributed by atoms with Crippen LogP contribution in [0.25, 0.3) is 0 Å². The number of nitrogens with zero attached hydrogens (tertiary/aromatic N) is 2. The van der Waals surface area contributed by atoms with E-state index in [2.05, 4.69) is 30.1 Å². The van der Waals surface area contributed by atoms with Gasteiger partial charge in [0, 0.05) is 25.7 Å². The van der Waals surface area contributed by atoms with Crippen LogP contribution in [0.15, 0.2) is 0 Å². The zero-order chi connectivity index (χ0) is 12.9. The lowest BCUT2D eigenvalue weighted by molar-refractivity contribution is 0.0596. The van der Waals surface area contributed by atoms with Crippen molar-refractivity contribution < 1.29 is 4.74 Å². The summed E-state index contributed by atoms with van der Waals surface area (Å²) in [6.45, 7) is 9.16. The highest BCUT2D eigenvalue weighted by Crippen LogP contribution is 2.17. The maximum Gasteiger partial charge on any atom is 0.105 e. The van der Waals surface area contributed by atoms with Gasteiger partial charge in [0.15, 0.2) is 0 Å². The summed E-state index contributed by atoms with van der Waals surface area (Å²) >= 11 is 0. The summed E-state index contributed by atoms with van der Waals surface area (Å²) in [7, 11) is 1.85. The topological polar surface area (TPSA) is 48.3 Å². The monoisotopic (exact) mass is 239 g/mol. The van der Waals surface area contributed by atoms with Crippen LogP contribution in [-0.2, 0) is 4.74 Å². The van der Waals surface area contributed by atoms with Crippen molar-refractivity contribution in [1.82, 2.24) is 10.2 Å². The molecular formula is C13H25N3O. The van der Waals surface area contributed by atoms with E-state index < -0.39 is 5.54 Å². The third-order valence-electron chi connectivity index (χ3n) is 3.61. The Hall–Kier alpha value is -0.630. The van der Waals surface area contributed by atoms with Crippen molar-refractivity contribution in [3.63, 3.8) is 0 Å². The fraction of sp³-hybridized carbons (Fsp3) is 0.923. The molecule has 0 aliphatic carbocycles. The minimum absolute atomic E-state index is 0.294. The van der Waals surface area contributed by atoms with Crippen molar-refractivity contribution in [2.45, 2.75) is 51.3 Å². The van der Waals surface area contributed by atoms with Crippen LogP contribution in [-0.4, -0.2) is 49.3 Å². The third kappa shape index (κ3) is 4.27. The molecule has 3 unspecified atom stereocenters. The molecule has 1 aliphatic heterocycles. The molecule has 1 N–H and O–H groups in total. The molecule has 4 heteroatoms. The Labute approximate surface area is 105 Å². The van der Waals surface area contributed by atoms with Crippen LogP contribution < -0.4 is 5.32 Å². The molecule has 3 atom stereocenters. The average Bonchev–Trinajstić information content (AvgIpc) is 2.53. The molecule has 0 radical (unpaired) electrons. The molecule has 0 aromatic heterocycles. The number of rotatable bonds is 4. The third-order valence-corrected chi connectivity index (χ3v) is 3.61. The van der Waals surface area contributed by atoms with Gasteiger partial charge in [0.2, 0.25) is 0 Å². The second kappa shape index (κ2) is 6.34. The van der Waals surface area contributed by atoms with Crippen LogP contribution >= 0.6 is 0 Å². The van der Waals surface area contributed by atoms with Crippen LogP contribution in [0.4, 0.5) is 0 Å². The van der Waals surface area contributed by atoms with Gasteiger partial charge in [-0.05, 0) is 40.7 Å². The molecule has 0 saturated carbocycles. The second-order valence-corrected chi connectivity index (χ2v) is 5.28. The maximum absolute atomic E-state index is 9.18. The maximum atomic E-state index is 9.18. The van der Waals surface area contributed by atoms with E-state index >= 15 is 0 Å². The SMILES string of the molecule is CNC(C)(C#N)CC(C)N1CCCOC(C)C1. The summed E-state index contributed by atoms with van der Waals surface area (Å²) in [6.07, 6.45) is 2.22. The largest absolute Gasteiger partial charge is 0.377 e. The molecule has 0 aromatic rings. The van der Waals surface area contributed by atoms with Gasteiger partial charge in [0.05, 0.1) is 12.2 Å². The normalized spacial score (nSPS) is 27.8. The van der Waals surface area contributed by atoms with Crippen LogP contribution in [0.2, 0.25) is 0 Å². The first-order chi connectivity index (χ1) is 8.00. The Morgan fingerprint density at radius 3 is 2.94 bits per heavy atom. The van der Waals surface area contributed by atoms with Crippen molar-refractivity contribution >= 4 is 0 Å². The number of hydrogen-bond donors (Lipinski definition) is 1. The quantitative estimate of drug-likeness (QED) is 0.805. The van der Waals surface area contributed by atoms with Gasteiger partial charge in [-0.25, -0.2) is 0 Å². The Morgan fingerprint density at radius 2 is 2.35 bits per heavy atom. The summed E-state index contributed by atoms with van der Waals surface area (Å²) < 4.78 is 5.64. The molecular weight excluding hydrogens is 214 g/mol. The number of hydrogen-bond acceptors (Lipinski definition) is 4. The molecule has 0 bridgehead atoms. The van der Waals surface area contributed by atoms with Gasteiger partial charge in [0.25, 0.3) is 0 Å². The molecule has 0 amide bonds. The molecule has 4 nitrogen and oxygen atoms in total. The Kier molecular flexibility index (Phi) is 5.38. The highest BCUT2D eigenvalue weighted by atomic mass is 16.5. The van der Waals surface area contributed by atoms with Crippen LogP contribution in [0.5, 0.6) is 0 Å². The minimum Gasteiger partial charge on any atom is -0.377 e. The Morgan fingerprint density at radius 1 is 1.65 bits per heavy atom. The zero-order valence-corrected chi connectivity index (χ0v) is 11.5. The van der Waals surface area contributed by atoms with Crippen molar-refractivity contribution in [2.24, 2.45) is 0 Å². The number of nitrogens with one attached hydrogen (secondary N) is 1. The van der Waals surface area contributed by atoms with Gasteiger partial charge < -0.3 is 10.1 Å². The van der Waals surface area contributed by atoms with E-state index in [-0.39, 0.29) is 0 Å². The highest BCUT2D eigenvalue weighted by molar-refractivity contribution is 5.04. The van der Waals surface area contributed by atoms with Gasteiger partial charge in [0.1, 0.15) is 5.54 Å². The fourth-order valence-electron chi connectivity index (χ4n) is 2.35. The van der Waals surface area contributed by atoms with E-state index in [1.165, 1.54) is 0 Å². The minimum atomic E-state index is -0.435. The van der Waals surface area contributed by atoms with Crippen molar-refractivity contribution in [2.75, 3.05) is 26.7 Å². The van der Waals surface area contributed by atoms with Crippen molar-refractivity contribution in [3.8, 4) is 6.07 Å². The molecule has 1 saturated heterocycles. The van der Waals surface area contributed by atoms with Crippen molar-refractivity contribution in [1.29, 1.82) is 5.26 Å². The van der Waals surface area contributed by atoms with Crippen LogP contribution in [0, 0.1) is 11.3 Å². The molecule has 17 heavy (non-hydrogen) atoms. The predicted molar refractivity (Wildman–Crippen MR) is 68.8 cm³/mol. The van der Waals surface area contributed by atoms with E-state index in [1.807, 2.05) is 14.0 Å². The highest BCUT2D eigenvalue weighted by Gasteiger charge is 2.28. The van der Waals surface area contributed by atoms with E-state index in [4.69, 9.17) is 4.74 Å². The lowest BCUT2D eigenvalue weighted by Gasteiger charge is -2.33. The molecule has 1 rings (SSSR count). The zero-order valence-electron chi connectivity index (χ0n) is 11.5. The first-order valence-corrected chi connectivity index (χ1v) is 6.46. The lowest BCUT2D eigenvalue weighted by atomic mass is 9.94. The molecule has 98 valence electrons. The van der Waals surface area contributed by atoms with Gasteiger partial charge in [-0.1, -0.05) is 0 Å². The smallest absolute Gasteiger partial charge is 0.105 e. The number of nitriles is 1. The van der Waals surface area contributed by atoms with E-state index in [0.29, 0.717) is 12.1 Å². The number of ether oxygens (including phenoxy) is 1. The van der Waals surface area contributed by atoms with Gasteiger partial charge >= 0.3 is 0 Å². The standard InChI is InChI=1S/C13H25N3O/c1-11(8-13(3,10-14)15-4)16-6-5-7-17-12(2)9-16/h11-12,15H,5-9H2,1-4H3. The molecule has 1 fully saturated rings. The molecule has 0 aromatic carbocycles. The molecule has 1 heterocycles. The first-order valence-electron chi connectivity index (χ1n) is 6.46. The summed E-state index contributed by atoms with van der Waals surface area (Å²) in [6, 6.07) is 2.76. The summed E-state index contributed by atoms with van der Waals surface area (Å²) in [5.41, 5.74) is -0.435. The predicted octanol–water partition coefficient (Wildman–Crippen LogP) is 1.38. The lowest BCUT2D eigenvalue weighted by Crippen LogP contribution is -2.47. The van der Waals surface area contributed by atoms with Crippen LogP contribution in [0.1, 0.15) is 33.6 Å². The van der Waals surface area contributed by atoms with E-state index in [0.717, 1.165) is 32.5 Å². The Bertz CT molecular complexity index is 276. The first kappa shape index (κ1) is 14.4. The fourth-order valence-corrected chi connectivity index (χ4v) is 2.35. The van der Waals surface area contributed by atoms with Gasteiger partial charge in [-0.15, -0.1) is 0 Å². The van der Waals surface area contributed by atoms with E-state index in [9.17, 15) is 5.26 Å². The molecule has 0 spiro atoms. The summed E-state index contributed by atoms with van der Waals surface area (Å²) in [5, 5.41) is 12.3. The molecule has 1 aliphatic rings. The van der Waals surface area contributed by atoms with Gasteiger partial charge in [-0.2, -0.15) is 5.26 Å². The van der Waals surface area contributed by atoms with Crippen molar-refractivity contribution in [3.05, 3.63) is 0 Å².